The van der Waals surface area contributed by atoms with Crippen LogP contribution < -0.4 is 0 Å². The number of nitrogens with zero attached hydrogens (tertiary/aromatic N) is 1. The van der Waals surface area contributed by atoms with E-state index in [-0.39, 0.29) is 12.8 Å². The highest BCUT2D eigenvalue weighted by molar-refractivity contribution is 7.86. The molecule has 0 aliphatic heterocycles. The Balaban J connectivity index is 2.82. The summed E-state index contributed by atoms with van der Waals surface area (Å²) in [5.41, 5.74) is 1.69. The molecule has 0 radical (unpaired) electrons. The van der Waals surface area contributed by atoms with Gasteiger partial charge in [-0.05, 0) is 31.0 Å². The molecule has 9 heteroatoms. The van der Waals surface area contributed by atoms with Crippen molar-refractivity contribution >= 4 is 20.2 Å². The van der Waals surface area contributed by atoms with E-state index in [2.05, 4.69) is 4.98 Å². The molecule has 1 aromatic heterocycles. The topological polar surface area (TPSA) is 122 Å². The van der Waals surface area contributed by atoms with Crippen LogP contribution in [0.2, 0.25) is 0 Å². The van der Waals surface area contributed by atoms with Gasteiger partial charge in [0, 0.05) is 17.8 Å². The van der Waals surface area contributed by atoms with Crippen molar-refractivity contribution in [3.8, 4) is 0 Å². The van der Waals surface area contributed by atoms with Crippen molar-refractivity contribution in [2.24, 2.45) is 0 Å². The molecule has 0 amide bonds. The molecule has 0 unspecified atom stereocenters. The summed E-state index contributed by atoms with van der Waals surface area (Å²) in [4.78, 5) is 4.09. The molecule has 1 aromatic rings. The van der Waals surface area contributed by atoms with Crippen LogP contribution in [0.3, 0.4) is 0 Å². The first kappa shape index (κ1) is 16.0. The minimum Gasteiger partial charge on any atom is -0.286 e. The standard InChI is InChI=1S/C10H15NO6S2/c1-8-6-9(2-4-18(12,13)14)7-10(11-8)3-5-19(15,16)17/h6-7H,2-5H2,1H3,(H,12,13,14)(H,15,16,17). The lowest BCUT2D eigenvalue weighted by atomic mass is 10.1. The highest BCUT2D eigenvalue weighted by atomic mass is 32.2. The van der Waals surface area contributed by atoms with Crippen LogP contribution >= 0.6 is 0 Å². The summed E-state index contributed by atoms with van der Waals surface area (Å²) in [5, 5.41) is 0. The van der Waals surface area contributed by atoms with Crippen LogP contribution in [-0.2, 0) is 33.1 Å². The predicted octanol–water partition coefficient (Wildman–Crippen LogP) is 0.251. The van der Waals surface area contributed by atoms with Gasteiger partial charge in [0.15, 0.2) is 0 Å². The monoisotopic (exact) mass is 309 g/mol. The lowest BCUT2D eigenvalue weighted by Gasteiger charge is -2.06. The van der Waals surface area contributed by atoms with Crippen LogP contribution in [0.15, 0.2) is 12.1 Å². The average molecular weight is 309 g/mol. The van der Waals surface area contributed by atoms with E-state index in [1.165, 1.54) is 0 Å². The predicted molar refractivity (Wildman–Crippen MR) is 69.2 cm³/mol. The van der Waals surface area contributed by atoms with Gasteiger partial charge < -0.3 is 0 Å². The fraction of sp³-hybridized carbons (Fsp3) is 0.500. The summed E-state index contributed by atoms with van der Waals surface area (Å²) < 4.78 is 59.9. The molecule has 19 heavy (non-hydrogen) atoms. The molecule has 0 saturated heterocycles. The SMILES string of the molecule is Cc1cc(CCS(=O)(=O)O)cc(CCS(=O)(=O)O)n1. The molecule has 0 atom stereocenters. The summed E-state index contributed by atoms with van der Waals surface area (Å²) in [5.74, 6) is -0.852. The Labute approximate surface area is 112 Å². The Morgan fingerprint density at radius 1 is 1.00 bits per heavy atom. The molecule has 0 aliphatic carbocycles. The Hall–Kier alpha value is -1.03. The Morgan fingerprint density at radius 2 is 1.53 bits per heavy atom. The van der Waals surface area contributed by atoms with Crippen LogP contribution in [0.25, 0.3) is 0 Å². The molecule has 0 aliphatic rings. The molecule has 1 heterocycles. The second-order valence-corrected chi connectivity index (χ2v) is 7.32. The fourth-order valence-electron chi connectivity index (χ4n) is 1.57. The Morgan fingerprint density at radius 3 is 2.05 bits per heavy atom. The zero-order chi connectivity index (χ0) is 14.7. The van der Waals surface area contributed by atoms with Gasteiger partial charge in [0.2, 0.25) is 0 Å². The first-order valence-electron chi connectivity index (χ1n) is 5.42. The van der Waals surface area contributed by atoms with Crippen LogP contribution in [-0.4, -0.2) is 42.4 Å². The maximum atomic E-state index is 10.7. The van der Waals surface area contributed by atoms with Gasteiger partial charge in [0.05, 0.1) is 11.5 Å². The zero-order valence-corrected chi connectivity index (χ0v) is 11.9. The van der Waals surface area contributed by atoms with Crippen molar-refractivity contribution in [1.82, 2.24) is 4.98 Å². The molecule has 0 spiro atoms. The van der Waals surface area contributed by atoms with E-state index in [9.17, 15) is 16.8 Å². The van der Waals surface area contributed by atoms with Gasteiger partial charge in [0.25, 0.3) is 20.2 Å². The van der Waals surface area contributed by atoms with Gasteiger partial charge in [-0.2, -0.15) is 16.8 Å². The molecule has 0 saturated carbocycles. The first-order valence-corrected chi connectivity index (χ1v) is 8.64. The summed E-state index contributed by atoms with van der Waals surface area (Å²) >= 11 is 0. The van der Waals surface area contributed by atoms with E-state index < -0.39 is 31.7 Å². The molecule has 2 N–H and O–H groups in total. The van der Waals surface area contributed by atoms with Crippen molar-refractivity contribution in [3.05, 3.63) is 29.1 Å². The number of rotatable bonds is 6. The smallest absolute Gasteiger partial charge is 0.265 e. The highest BCUT2D eigenvalue weighted by Gasteiger charge is 2.09. The number of hydrogen-bond donors (Lipinski definition) is 2. The molecule has 1 rings (SSSR count). The number of aromatic nitrogens is 1. The zero-order valence-electron chi connectivity index (χ0n) is 10.3. The Kier molecular flexibility index (Phi) is 5.02. The summed E-state index contributed by atoms with van der Waals surface area (Å²) in [7, 11) is -8.10. The van der Waals surface area contributed by atoms with Crippen molar-refractivity contribution < 1.29 is 25.9 Å². The fourth-order valence-corrected chi connectivity index (χ4v) is 2.53. The van der Waals surface area contributed by atoms with Gasteiger partial charge in [-0.15, -0.1) is 0 Å². The molecule has 7 nitrogen and oxygen atoms in total. The summed E-state index contributed by atoms with van der Waals surface area (Å²) in [6, 6.07) is 3.21. The lowest BCUT2D eigenvalue weighted by Crippen LogP contribution is -2.10. The van der Waals surface area contributed by atoms with Gasteiger partial charge in [-0.25, -0.2) is 0 Å². The van der Waals surface area contributed by atoms with Gasteiger partial charge in [0.1, 0.15) is 0 Å². The maximum absolute atomic E-state index is 10.7. The van der Waals surface area contributed by atoms with Crippen molar-refractivity contribution in [3.63, 3.8) is 0 Å². The maximum Gasteiger partial charge on any atom is 0.265 e. The van der Waals surface area contributed by atoms with Crippen LogP contribution in [0, 0.1) is 6.92 Å². The lowest BCUT2D eigenvalue weighted by molar-refractivity contribution is 0.480. The molecule has 0 bridgehead atoms. The minimum atomic E-state index is -4.06. The minimum absolute atomic E-state index is 0.0411. The quantitative estimate of drug-likeness (QED) is 0.722. The molecule has 0 fully saturated rings. The largest absolute Gasteiger partial charge is 0.286 e. The van der Waals surface area contributed by atoms with Crippen molar-refractivity contribution in [2.75, 3.05) is 11.5 Å². The van der Waals surface area contributed by atoms with Crippen molar-refractivity contribution in [2.45, 2.75) is 19.8 Å². The summed E-state index contributed by atoms with van der Waals surface area (Å²) in [6.45, 7) is 1.69. The van der Waals surface area contributed by atoms with E-state index in [4.69, 9.17) is 9.11 Å². The van der Waals surface area contributed by atoms with Gasteiger partial charge >= 0.3 is 0 Å². The molecular formula is C10H15NO6S2. The van der Waals surface area contributed by atoms with E-state index in [1.807, 2.05) is 0 Å². The highest BCUT2D eigenvalue weighted by Crippen LogP contribution is 2.09. The van der Waals surface area contributed by atoms with E-state index in [0.717, 1.165) is 0 Å². The third kappa shape index (κ3) is 7.21. The van der Waals surface area contributed by atoms with Crippen LogP contribution in [0.4, 0.5) is 0 Å². The van der Waals surface area contributed by atoms with Gasteiger partial charge in [-0.3, -0.25) is 14.1 Å². The number of aryl methyl sites for hydroxylation is 3. The average Bonchev–Trinajstić information content (AvgIpc) is 2.21. The first-order chi connectivity index (χ1) is 8.55. The molecule has 108 valence electrons. The second kappa shape index (κ2) is 5.95. The van der Waals surface area contributed by atoms with E-state index in [1.54, 1.807) is 19.1 Å². The van der Waals surface area contributed by atoms with E-state index in [0.29, 0.717) is 17.0 Å². The molecule has 0 aromatic carbocycles. The van der Waals surface area contributed by atoms with E-state index >= 15 is 0 Å². The normalized spacial score (nSPS) is 12.6. The van der Waals surface area contributed by atoms with Gasteiger partial charge in [-0.1, -0.05) is 0 Å². The number of hydrogen-bond acceptors (Lipinski definition) is 5. The van der Waals surface area contributed by atoms with Crippen LogP contribution in [0.1, 0.15) is 17.0 Å². The number of pyridine rings is 1. The molecular weight excluding hydrogens is 294 g/mol. The Bertz CT molecular complexity index is 596. The van der Waals surface area contributed by atoms with Crippen molar-refractivity contribution in [1.29, 1.82) is 0 Å². The van der Waals surface area contributed by atoms with Crippen LogP contribution in [0.5, 0.6) is 0 Å². The third-order valence-electron chi connectivity index (χ3n) is 2.33. The second-order valence-electron chi connectivity index (χ2n) is 4.18. The third-order valence-corrected chi connectivity index (χ3v) is 3.77. The summed E-state index contributed by atoms with van der Waals surface area (Å²) in [6.07, 6.45) is 0.153.